The predicted octanol–water partition coefficient (Wildman–Crippen LogP) is 2.44. The molecule has 2 rings (SSSR count). The first-order valence-electron chi connectivity index (χ1n) is 6.88. The molecule has 0 saturated heterocycles. The molecule has 0 aromatic heterocycles. The Morgan fingerprint density at radius 3 is 2.38 bits per heavy atom. The van der Waals surface area contributed by atoms with Crippen LogP contribution in [0.4, 0.5) is 0 Å². The quantitative estimate of drug-likeness (QED) is 0.721. The zero-order chi connectivity index (χ0) is 11.9. The average Bonchev–Trinajstić information content (AvgIpc) is 2.47. The summed E-state index contributed by atoms with van der Waals surface area (Å²) in [5.41, 5.74) is 0. The topological polar surface area (TPSA) is 40.5 Å². The molecule has 0 aliphatic heterocycles. The van der Waals surface area contributed by atoms with E-state index in [1.54, 1.807) is 0 Å². The zero-order valence-electron chi connectivity index (χ0n) is 10.8. The summed E-state index contributed by atoms with van der Waals surface area (Å²) in [5.74, 6) is 1.99. The first-order chi connectivity index (χ1) is 7.52. The molecule has 0 amide bonds. The molecule has 0 bridgehead atoms. The zero-order valence-corrected chi connectivity index (χ0v) is 10.8. The molecular weight excluding hydrogens is 200 g/mol. The minimum Gasteiger partial charge on any atom is -0.392 e. The fourth-order valence-corrected chi connectivity index (χ4v) is 3.92. The summed E-state index contributed by atoms with van der Waals surface area (Å²) in [7, 11) is 0. The maximum Gasteiger partial charge on any atom is 0.0626 e. The third-order valence-corrected chi connectivity index (χ3v) is 5.02. The lowest BCUT2D eigenvalue weighted by molar-refractivity contribution is -0.0257. The second-order valence-electron chi connectivity index (χ2n) is 6.37. The van der Waals surface area contributed by atoms with Crippen molar-refractivity contribution in [3.8, 4) is 0 Å². The van der Waals surface area contributed by atoms with Gasteiger partial charge in [0, 0.05) is 5.92 Å². The maximum absolute atomic E-state index is 10.4. The summed E-state index contributed by atoms with van der Waals surface area (Å²) in [5, 5.41) is 20.7. The summed E-state index contributed by atoms with van der Waals surface area (Å²) in [6.45, 7) is 6.51. The van der Waals surface area contributed by atoms with Gasteiger partial charge >= 0.3 is 0 Å². The Kier molecular flexibility index (Phi) is 3.60. The van der Waals surface area contributed by atoms with E-state index >= 15 is 0 Å². The van der Waals surface area contributed by atoms with Crippen molar-refractivity contribution in [2.75, 3.05) is 0 Å². The molecule has 0 aromatic carbocycles. The van der Waals surface area contributed by atoms with Crippen LogP contribution in [0.15, 0.2) is 0 Å². The Balaban J connectivity index is 2.16. The molecule has 0 spiro atoms. The number of aliphatic hydroxyl groups is 2. The average molecular weight is 226 g/mol. The van der Waals surface area contributed by atoms with E-state index in [2.05, 4.69) is 20.8 Å². The van der Waals surface area contributed by atoms with Crippen LogP contribution in [-0.4, -0.2) is 22.4 Å². The van der Waals surface area contributed by atoms with Gasteiger partial charge in [-0.05, 0) is 42.9 Å². The van der Waals surface area contributed by atoms with E-state index in [0.29, 0.717) is 23.7 Å². The molecule has 0 aromatic rings. The highest BCUT2D eigenvalue weighted by molar-refractivity contribution is 4.97. The monoisotopic (exact) mass is 226 g/mol. The van der Waals surface area contributed by atoms with Gasteiger partial charge < -0.3 is 10.2 Å². The molecule has 6 atom stereocenters. The van der Waals surface area contributed by atoms with Crippen LogP contribution in [0.3, 0.4) is 0 Å². The fourth-order valence-electron chi connectivity index (χ4n) is 3.92. The predicted molar refractivity (Wildman–Crippen MR) is 65.0 cm³/mol. The largest absolute Gasteiger partial charge is 0.392 e. The smallest absolute Gasteiger partial charge is 0.0626 e. The van der Waals surface area contributed by atoms with Crippen LogP contribution in [-0.2, 0) is 0 Å². The van der Waals surface area contributed by atoms with Gasteiger partial charge in [-0.2, -0.15) is 0 Å². The minimum absolute atomic E-state index is 0.143. The van der Waals surface area contributed by atoms with Crippen LogP contribution in [0.2, 0.25) is 0 Å². The first-order valence-corrected chi connectivity index (χ1v) is 6.88. The highest BCUT2D eigenvalue weighted by Gasteiger charge is 2.48. The second kappa shape index (κ2) is 4.66. The highest BCUT2D eigenvalue weighted by Crippen LogP contribution is 2.47. The van der Waals surface area contributed by atoms with Gasteiger partial charge in [-0.3, -0.25) is 0 Å². The van der Waals surface area contributed by atoms with Gasteiger partial charge in [0.05, 0.1) is 12.2 Å². The molecule has 16 heavy (non-hydrogen) atoms. The van der Waals surface area contributed by atoms with Gasteiger partial charge in [0.15, 0.2) is 0 Å². The molecule has 2 nitrogen and oxygen atoms in total. The molecule has 94 valence electrons. The molecular formula is C14H26O2. The molecule has 2 heteroatoms. The van der Waals surface area contributed by atoms with Gasteiger partial charge in [0.2, 0.25) is 0 Å². The van der Waals surface area contributed by atoms with Crippen LogP contribution in [0.25, 0.3) is 0 Å². The summed E-state index contributed by atoms with van der Waals surface area (Å²) in [6, 6.07) is 0. The van der Waals surface area contributed by atoms with Crippen molar-refractivity contribution in [3.05, 3.63) is 0 Å². The van der Waals surface area contributed by atoms with E-state index in [9.17, 15) is 10.2 Å². The fraction of sp³-hybridized carbons (Fsp3) is 1.00. The third kappa shape index (κ3) is 2.02. The lowest BCUT2D eigenvalue weighted by atomic mass is 9.84. The maximum atomic E-state index is 10.4. The van der Waals surface area contributed by atoms with Gasteiger partial charge in [-0.1, -0.05) is 27.2 Å². The Morgan fingerprint density at radius 2 is 1.75 bits per heavy atom. The normalized spacial score (nSPS) is 49.1. The third-order valence-electron chi connectivity index (χ3n) is 5.02. The molecule has 2 fully saturated rings. The van der Waals surface area contributed by atoms with E-state index in [1.807, 2.05) is 0 Å². The SMILES string of the molecule is CC(C)[C@H]1CC2CCC[C@H](C)C(O)C2C1O. The van der Waals surface area contributed by atoms with Gasteiger partial charge in [-0.25, -0.2) is 0 Å². The summed E-state index contributed by atoms with van der Waals surface area (Å²) in [6.07, 6.45) is 4.09. The number of aliphatic hydroxyl groups excluding tert-OH is 2. The molecule has 2 saturated carbocycles. The Labute approximate surface area is 99.1 Å². The van der Waals surface area contributed by atoms with E-state index in [-0.39, 0.29) is 18.1 Å². The van der Waals surface area contributed by atoms with Gasteiger partial charge in [-0.15, -0.1) is 0 Å². The van der Waals surface area contributed by atoms with Crippen LogP contribution in [0.1, 0.15) is 46.5 Å². The second-order valence-corrected chi connectivity index (χ2v) is 6.37. The van der Waals surface area contributed by atoms with E-state index in [0.717, 1.165) is 12.8 Å². The molecule has 0 heterocycles. The van der Waals surface area contributed by atoms with Crippen molar-refractivity contribution < 1.29 is 10.2 Å². The van der Waals surface area contributed by atoms with Crippen molar-refractivity contribution in [3.63, 3.8) is 0 Å². The van der Waals surface area contributed by atoms with Crippen molar-refractivity contribution in [1.29, 1.82) is 0 Å². The van der Waals surface area contributed by atoms with Crippen molar-refractivity contribution in [2.45, 2.75) is 58.7 Å². The lowest BCUT2D eigenvalue weighted by Gasteiger charge is -2.29. The van der Waals surface area contributed by atoms with Gasteiger partial charge in [0.1, 0.15) is 0 Å². The van der Waals surface area contributed by atoms with Crippen LogP contribution < -0.4 is 0 Å². The first kappa shape index (κ1) is 12.4. The number of rotatable bonds is 1. The van der Waals surface area contributed by atoms with E-state index in [4.69, 9.17) is 0 Å². The lowest BCUT2D eigenvalue weighted by Crippen LogP contribution is -2.37. The molecule has 0 radical (unpaired) electrons. The Hall–Kier alpha value is -0.0800. The van der Waals surface area contributed by atoms with Crippen molar-refractivity contribution in [2.24, 2.45) is 29.6 Å². The summed E-state index contributed by atoms with van der Waals surface area (Å²) >= 11 is 0. The number of hydrogen-bond acceptors (Lipinski definition) is 2. The number of fused-ring (bicyclic) bond motifs is 1. The summed E-state index contributed by atoms with van der Waals surface area (Å²) in [4.78, 5) is 0. The number of hydrogen-bond donors (Lipinski definition) is 2. The Morgan fingerprint density at radius 1 is 1.06 bits per heavy atom. The van der Waals surface area contributed by atoms with Crippen LogP contribution in [0.5, 0.6) is 0 Å². The van der Waals surface area contributed by atoms with E-state index in [1.165, 1.54) is 12.8 Å². The molecule has 2 aliphatic rings. The standard InChI is InChI=1S/C14H26O2/c1-8(2)11-7-10-6-4-5-9(3)13(15)12(10)14(11)16/h8-16H,4-7H2,1-3H3/t9-,10?,11+,12?,13?,14?/m0/s1. The summed E-state index contributed by atoms with van der Waals surface area (Å²) < 4.78 is 0. The van der Waals surface area contributed by atoms with Crippen LogP contribution >= 0.6 is 0 Å². The van der Waals surface area contributed by atoms with Crippen LogP contribution in [0, 0.1) is 29.6 Å². The minimum atomic E-state index is -0.286. The van der Waals surface area contributed by atoms with Crippen molar-refractivity contribution in [1.82, 2.24) is 0 Å². The van der Waals surface area contributed by atoms with Gasteiger partial charge in [0.25, 0.3) is 0 Å². The molecule has 4 unspecified atom stereocenters. The van der Waals surface area contributed by atoms with E-state index < -0.39 is 0 Å². The molecule has 2 aliphatic carbocycles. The Bertz CT molecular complexity index is 237. The van der Waals surface area contributed by atoms with Crippen molar-refractivity contribution >= 4 is 0 Å². The molecule has 2 N–H and O–H groups in total. The highest BCUT2D eigenvalue weighted by atomic mass is 16.3.